The molecule has 0 N–H and O–H groups in total. The summed E-state index contributed by atoms with van der Waals surface area (Å²) in [6, 6.07) is 6.18. The highest BCUT2D eigenvalue weighted by Crippen LogP contribution is 2.23. The standard InChI is InChI=1S/C18H24N2O6S/c1-13(21)20(16-7-5-4-6-15(16)18(23)26-3)10-8-17(22)19(2)14-9-11-27(24,25)12-14/h4-7,14H,8-12H2,1-3H3. The largest absolute Gasteiger partial charge is 0.465 e. The van der Waals surface area contributed by atoms with Crippen molar-refractivity contribution in [2.75, 3.05) is 37.1 Å². The Hall–Kier alpha value is -2.42. The van der Waals surface area contributed by atoms with Crippen LogP contribution in [-0.2, 0) is 24.2 Å². The molecule has 1 aliphatic heterocycles. The van der Waals surface area contributed by atoms with Gasteiger partial charge in [-0.2, -0.15) is 0 Å². The average molecular weight is 396 g/mol. The molecule has 1 aromatic carbocycles. The molecule has 1 unspecified atom stereocenters. The van der Waals surface area contributed by atoms with Crippen molar-refractivity contribution in [3.63, 3.8) is 0 Å². The number of nitrogens with zero attached hydrogens (tertiary/aromatic N) is 2. The molecule has 0 bridgehead atoms. The first-order chi connectivity index (χ1) is 12.7. The molecule has 27 heavy (non-hydrogen) atoms. The molecular formula is C18H24N2O6S. The maximum atomic E-state index is 12.5. The average Bonchev–Trinajstić information content (AvgIpc) is 3.00. The van der Waals surface area contributed by atoms with Gasteiger partial charge in [-0.15, -0.1) is 0 Å². The first kappa shape index (κ1) is 20.9. The van der Waals surface area contributed by atoms with Crippen molar-refractivity contribution in [3.8, 4) is 0 Å². The summed E-state index contributed by atoms with van der Waals surface area (Å²) < 4.78 is 28.0. The number of esters is 1. The molecule has 1 saturated heterocycles. The second-order valence-electron chi connectivity index (χ2n) is 6.49. The zero-order valence-electron chi connectivity index (χ0n) is 15.7. The van der Waals surface area contributed by atoms with Gasteiger partial charge in [0.25, 0.3) is 0 Å². The first-order valence-electron chi connectivity index (χ1n) is 8.58. The minimum atomic E-state index is -3.09. The van der Waals surface area contributed by atoms with E-state index in [1.807, 2.05) is 0 Å². The van der Waals surface area contributed by atoms with E-state index >= 15 is 0 Å². The Morgan fingerprint density at radius 1 is 1.22 bits per heavy atom. The van der Waals surface area contributed by atoms with Crippen molar-refractivity contribution < 1.29 is 27.5 Å². The number of rotatable bonds is 6. The smallest absolute Gasteiger partial charge is 0.339 e. The van der Waals surface area contributed by atoms with E-state index in [-0.39, 0.29) is 47.9 Å². The summed E-state index contributed by atoms with van der Waals surface area (Å²) in [7, 11) is -0.257. The van der Waals surface area contributed by atoms with Crippen LogP contribution in [-0.4, -0.2) is 69.4 Å². The van der Waals surface area contributed by atoms with Crippen LogP contribution in [0.15, 0.2) is 24.3 Å². The summed E-state index contributed by atoms with van der Waals surface area (Å²) in [6.45, 7) is 1.43. The van der Waals surface area contributed by atoms with E-state index in [0.29, 0.717) is 12.1 Å². The Morgan fingerprint density at radius 2 is 1.89 bits per heavy atom. The van der Waals surface area contributed by atoms with Crippen LogP contribution in [0.2, 0.25) is 0 Å². The third kappa shape index (κ3) is 5.06. The predicted molar refractivity (Wildman–Crippen MR) is 100 cm³/mol. The molecule has 1 aromatic rings. The van der Waals surface area contributed by atoms with Crippen molar-refractivity contribution in [3.05, 3.63) is 29.8 Å². The molecule has 1 aliphatic rings. The number of hydrogen-bond donors (Lipinski definition) is 0. The highest BCUT2D eigenvalue weighted by molar-refractivity contribution is 7.91. The van der Waals surface area contributed by atoms with Crippen LogP contribution in [0.25, 0.3) is 0 Å². The molecule has 1 atom stereocenters. The number of carbonyl (C=O) groups is 3. The van der Waals surface area contributed by atoms with Crippen molar-refractivity contribution >= 4 is 33.3 Å². The van der Waals surface area contributed by atoms with E-state index < -0.39 is 15.8 Å². The monoisotopic (exact) mass is 396 g/mol. The number of amides is 2. The fourth-order valence-electron chi connectivity index (χ4n) is 3.11. The molecular weight excluding hydrogens is 372 g/mol. The number of benzene rings is 1. The molecule has 2 rings (SSSR count). The molecule has 0 aromatic heterocycles. The Morgan fingerprint density at radius 3 is 2.44 bits per heavy atom. The maximum absolute atomic E-state index is 12.5. The number of carbonyl (C=O) groups excluding carboxylic acids is 3. The first-order valence-corrected chi connectivity index (χ1v) is 10.4. The van der Waals surface area contributed by atoms with E-state index in [1.54, 1.807) is 31.3 Å². The van der Waals surface area contributed by atoms with Gasteiger partial charge in [-0.1, -0.05) is 12.1 Å². The number of sulfone groups is 1. The van der Waals surface area contributed by atoms with Crippen LogP contribution in [0.3, 0.4) is 0 Å². The van der Waals surface area contributed by atoms with E-state index in [4.69, 9.17) is 4.74 Å². The summed E-state index contributed by atoms with van der Waals surface area (Å²) in [5.74, 6) is -1.08. The minimum Gasteiger partial charge on any atom is -0.465 e. The molecule has 8 nitrogen and oxygen atoms in total. The third-order valence-electron chi connectivity index (χ3n) is 4.68. The number of para-hydroxylation sites is 1. The molecule has 0 radical (unpaired) electrons. The Bertz CT molecular complexity index is 836. The molecule has 0 saturated carbocycles. The van der Waals surface area contributed by atoms with Gasteiger partial charge in [0, 0.05) is 33.0 Å². The maximum Gasteiger partial charge on any atom is 0.339 e. The van der Waals surface area contributed by atoms with Gasteiger partial charge < -0.3 is 14.5 Å². The number of anilines is 1. The molecule has 148 valence electrons. The Labute approximate surface area is 159 Å². The van der Waals surface area contributed by atoms with Crippen LogP contribution in [0, 0.1) is 0 Å². The molecule has 1 fully saturated rings. The topological polar surface area (TPSA) is 101 Å². The summed E-state index contributed by atoms with van der Waals surface area (Å²) in [5.41, 5.74) is 0.605. The van der Waals surface area contributed by atoms with Crippen LogP contribution >= 0.6 is 0 Å². The van der Waals surface area contributed by atoms with Gasteiger partial charge in [-0.3, -0.25) is 9.59 Å². The Kier molecular flexibility index (Phi) is 6.59. The van der Waals surface area contributed by atoms with Crippen molar-refractivity contribution in [1.29, 1.82) is 0 Å². The van der Waals surface area contributed by atoms with Crippen LogP contribution < -0.4 is 4.90 Å². The number of methoxy groups -OCH3 is 1. The fraction of sp³-hybridized carbons (Fsp3) is 0.500. The van der Waals surface area contributed by atoms with E-state index in [1.165, 1.54) is 23.8 Å². The van der Waals surface area contributed by atoms with Gasteiger partial charge >= 0.3 is 5.97 Å². The normalized spacial score (nSPS) is 18.0. The summed E-state index contributed by atoms with van der Waals surface area (Å²) in [6.07, 6.45) is 0.439. The van der Waals surface area contributed by atoms with Gasteiger partial charge in [0.2, 0.25) is 11.8 Å². The SMILES string of the molecule is COC(=O)c1ccccc1N(CCC(=O)N(C)C1CCS(=O)(=O)C1)C(C)=O. The Balaban J connectivity index is 2.11. The summed E-state index contributed by atoms with van der Waals surface area (Å²) in [5, 5.41) is 0. The second kappa shape index (κ2) is 8.51. The molecule has 2 amide bonds. The lowest BCUT2D eigenvalue weighted by atomic mass is 10.1. The molecule has 1 heterocycles. The van der Waals surface area contributed by atoms with E-state index in [0.717, 1.165) is 0 Å². The van der Waals surface area contributed by atoms with Crippen LogP contribution in [0.4, 0.5) is 5.69 Å². The summed E-state index contributed by atoms with van der Waals surface area (Å²) >= 11 is 0. The third-order valence-corrected chi connectivity index (χ3v) is 6.43. The fourth-order valence-corrected chi connectivity index (χ4v) is 4.88. The lowest BCUT2D eigenvalue weighted by Crippen LogP contribution is -2.40. The van der Waals surface area contributed by atoms with Gasteiger partial charge in [0.1, 0.15) is 0 Å². The van der Waals surface area contributed by atoms with Gasteiger partial charge in [-0.25, -0.2) is 13.2 Å². The van der Waals surface area contributed by atoms with Crippen molar-refractivity contribution in [2.45, 2.75) is 25.8 Å². The van der Waals surface area contributed by atoms with E-state index in [2.05, 4.69) is 0 Å². The van der Waals surface area contributed by atoms with Crippen LogP contribution in [0.1, 0.15) is 30.1 Å². The zero-order chi connectivity index (χ0) is 20.2. The van der Waals surface area contributed by atoms with Gasteiger partial charge in [0.15, 0.2) is 9.84 Å². The highest BCUT2D eigenvalue weighted by Gasteiger charge is 2.32. The quantitative estimate of drug-likeness (QED) is 0.661. The minimum absolute atomic E-state index is 0.0160. The highest BCUT2D eigenvalue weighted by atomic mass is 32.2. The molecule has 0 aliphatic carbocycles. The molecule has 9 heteroatoms. The second-order valence-corrected chi connectivity index (χ2v) is 8.72. The number of ether oxygens (including phenoxy) is 1. The summed E-state index contributed by atoms with van der Waals surface area (Å²) in [4.78, 5) is 39.3. The predicted octanol–water partition coefficient (Wildman–Crippen LogP) is 0.862. The van der Waals surface area contributed by atoms with Crippen molar-refractivity contribution in [2.24, 2.45) is 0 Å². The lowest BCUT2D eigenvalue weighted by Gasteiger charge is -2.26. The number of hydrogen-bond acceptors (Lipinski definition) is 6. The zero-order valence-corrected chi connectivity index (χ0v) is 16.5. The van der Waals surface area contributed by atoms with E-state index in [9.17, 15) is 22.8 Å². The van der Waals surface area contributed by atoms with Gasteiger partial charge in [0.05, 0.1) is 29.9 Å². The molecule has 0 spiro atoms. The van der Waals surface area contributed by atoms with Crippen molar-refractivity contribution in [1.82, 2.24) is 4.90 Å². The van der Waals surface area contributed by atoms with Gasteiger partial charge in [-0.05, 0) is 18.6 Å². The lowest BCUT2D eigenvalue weighted by molar-refractivity contribution is -0.131. The van der Waals surface area contributed by atoms with Crippen LogP contribution in [0.5, 0.6) is 0 Å².